The van der Waals surface area contributed by atoms with Crippen molar-refractivity contribution in [3.05, 3.63) is 96.6 Å². The first-order chi connectivity index (χ1) is 18.9. The average molecular weight is 579 g/mol. The molecule has 0 aliphatic heterocycles. The molecule has 0 aliphatic rings. The molecule has 0 aliphatic carbocycles. The van der Waals surface area contributed by atoms with E-state index in [4.69, 9.17) is 0 Å². The van der Waals surface area contributed by atoms with Crippen LogP contribution in [-0.4, -0.2) is 48.4 Å². The molecule has 0 saturated heterocycles. The largest absolute Gasteiger partial charge is 0.281 e. The van der Waals surface area contributed by atoms with Crippen molar-refractivity contribution < 1.29 is 25.6 Å². The molecule has 0 saturated carbocycles. The van der Waals surface area contributed by atoms with Crippen molar-refractivity contribution in [1.29, 1.82) is 0 Å². The molecule has 0 atom stereocenters. The minimum atomic E-state index is -3.98. The molecule has 202 valence electrons. The zero-order valence-electron chi connectivity index (χ0n) is 21.1. The first-order valence-corrected chi connectivity index (χ1v) is 15.7. The Kier molecular flexibility index (Phi) is 5.86. The smallest absolute Gasteiger partial charge is 0.233 e. The molecule has 4 aromatic carbocycles. The van der Waals surface area contributed by atoms with Gasteiger partial charge in [-0.1, -0.05) is 36.4 Å². The molecular formula is C28H20F2N4O4S2. The van der Waals surface area contributed by atoms with Gasteiger partial charge < -0.3 is 0 Å². The molecule has 0 spiro atoms. The fourth-order valence-electron chi connectivity index (χ4n) is 4.72. The van der Waals surface area contributed by atoms with E-state index in [0.29, 0.717) is 5.56 Å². The summed E-state index contributed by atoms with van der Waals surface area (Å²) in [5.41, 5.74) is 2.50. The molecule has 2 aromatic heterocycles. The van der Waals surface area contributed by atoms with Gasteiger partial charge in [-0.15, -0.1) is 0 Å². The molecule has 12 heteroatoms. The Hall–Kier alpha value is -4.42. The third-order valence-corrected chi connectivity index (χ3v) is 8.27. The van der Waals surface area contributed by atoms with E-state index in [1.54, 1.807) is 18.2 Å². The Labute approximate surface area is 228 Å². The standard InChI is InChI=1S/C28H20F2N4O4S2/c1-39(35,36)27-31-21-11-9-19(29)15-24(21)33(27)23-13-8-18(17-6-4-3-5-7-17)14-26(23)34-25-16-20(30)10-12-22(25)32-28(34)40(2,37)38/h3-16H,1-2H3. The molecule has 40 heavy (non-hydrogen) atoms. The molecule has 0 amide bonds. The first kappa shape index (κ1) is 25.8. The number of sulfone groups is 2. The molecule has 0 N–H and O–H groups in total. The number of imidazole rings is 2. The van der Waals surface area contributed by atoms with E-state index in [0.717, 1.165) is 30.2 Å². The van der Waals surface area contributed by atoms with Crippen LogP contribution in [-0.2, 0) is 19.7 Å². The van der Waals surface area contributed by atoms with Gasteiger partial charge in [0.05, 0.1) is 33.4 Å². The van der Waals surface area contributed by atoms with Crippen LogP contribution >= 0.6 is 0 Å². The van der Waals surface area contributed by atoms with E-state index in [9.17, 15) is 25.6 Å². The molecule has 6 aromatic rings. The number of fused-ring (bicyclic) bond motifs is 2. The summed E-state index contributed by atoms with van der Waals surface area (Å²) < 4.78 is 83.2. The van der Waals surface area contributed by atoms with Crippen molar-refractivity contribution in [3.8, 4) is 22.5 Å². The van der Waals surface area contributed by atoms with Gasteiger partial charge in [0.1, 0.15) is 11.6 Å². The minimum absolute atomic E-state index is 0.142. The SMILES string of the molecule is CS(=O)(=O)c1nc2ccc(F)cc2n1-c1ccc(-c2ccccc2)cc1-n1c(S(C)(=O)=O)nc2ccc(F)cc21. The van der Waals surface area contributed by atoms with Gasteiger partial charge >= 0.3 is 0 Å². The van der Waals surface area contributed by atoms with Gasteiger partial charge in [-0.3, -0.25) is 9.13 Å². The highest BCUT2D eigenvalue weighted by Gasteiger charge is 2.27. The number of halogens is 2. The monoisotopic (exact) mass is 578 g/mol. The second-order valence-corrected chi connectivity index (χ2v) is 13.2. The molecule has 0 radical (unpaired) electrons. The number of aromatic nitrogens is 4. The van der Waals surface area contributed by atoms with Crippen LogP contribution in [0.1, 0.15) is 0 Å². The normalized spacial score (nSPS) is 12.4. The third kappa shape index (κ3) is 4.34. The molecular weight excluding hydrogens is 558 g/mol. The van der Waals surface area contributed by atoms with Gasteiger partial charge in [0.15, 0.2) is 0 Å². The highest BCUT2D eigenvalue weighted by molar-refractivity contribution is 7.90. The van der Waals surface area contributed by atoms with Crippen LogP contribution in [0.25, 0.3) is 44.6 Å². The Balaban J connectivity index is 1.82. The summed E-state index contributed by atoms with van der Waals surface area (Å²) in [4.78, 5) is 8.54. The van der Waals surface area contributed by atoms with Crippen molar-refractivity contribution in [1.82, 2.24) is 19.1 Å². The van der Waals surface area contributed by atoms with Crippen LogP contribution in [0, 0.1) is 11.6 Å². The predicted octanol–water partition coefficient (Wildman–Crippen LogP) is 5.12. The molecule has 2 heterocycles. The minimum Gasteiger partial charge on any atom is -0.281 e. The number of hydrogen-bond donors (Lipinski definition) is 0. The lowest BCUT2D eigenvalue weighted by molar-refractivity contribution is 0.588. The summed E-state index contributed by atoms with van der Waals surface area (Å²) in [6, 6.07) is 21.5. The third-order valence-electron chi connectivity index (χ3n) is 6.40. The van der Waals surface area contributed by atoms with Crippen molar-refractivity contribution in [2.24, 2.45) is 0 Å². The van der Waals surface area contributed by atoms with Gasteiger partial charge in [-0.25, -0.2) is 35.6 Å². The van der Waals surface area contributed by atoms with Crippen LogP contribution in [0.5, 0.6) is 0 Å². The van der Waals surface area contributed by atoms with E-state index < -0.39 is 31.3 Å². The van der Waals surface area contributed by atoms with Crippen LogP contribution in [0.15, 0.2) is 95.2 Å². The Morgan fingerprint density at radius 3 is 1.57 bits per heavy atom. The molecule has 0 fully saturated rings. The van der Waals surface area contributed by atoms with Gasteiger partial charge in [0.2, 0.25) is 30.0 Å². The second-order valence-electron chi connectivity index (χ2n) is 9.34. The lowest BCUT2D eigenvalue weighted by Crippen LogP contribution is -2.13. The lowest BCUT2D eigenvalue weighted by Gasteiger charge is -2.18. The maximum atomic E-state index is 14.5. The molecule has 6 rings (SSSR count). The summed E-state index contributed by atoms with van der Waals surface area (Å²) in [6.45, 7) is 0. The summed E-state index contributed by atoms with van der Waals surface area (Å²) >= 11 is 0. The van der Waals surface area contributed by atoms with Crippen LogP contribution in [0.2, 0.25) is 0 Å². The van der Waals surface area contributed by atoms with Crippen LogP contribution in [0.4, 0.5) is 8.78 Å². The second kappa shape index (κ2) is 9.07. The zero-order chi connectivity index (χ0) is 28.4. The maximum Gasteiger partial charge on any atom is 0.233 e. The molecule has 8 nitrogen and oxygen atoms in total. The topological polar surface area (TPSA) is 104 Å². The highest BCUT2D eigenvalue weighted by Crippen LogP contribution is 2.35. The van der Waals surface area contributed by atoms with Gasteiger partial charge in [-0.05, 0) is 47.5 Å². The van der Waals surface area contributed by atoms with E-state index in [2.05, 4.69) is 9.97 Å². The summed E-state index contributed by atoms with van der Waals surface area (Å²) in [5, 5.41) is -0.755. The van der Waals surface area contributed by atoms with Gasteiger partial charge in [0, 0.05) is 24.6 Å². The van der Waals surface area contributed by atoms with Crippen LogP contribution < -0.4 is 0 Å². The lowest BCUT2D eigenvalue weighted by atomic mass is 10.0. The Morgan fingerprint density at radius 2 is 1.07 bits per heavy atom. The molecule has 0 bridgehead atoms. The van der Waals surface area contributed by atoms with Crippen molar-refractivity contribution in [2.45, 2.75) is 10.3 Å². The fraction of sp³-hybridized carbons (Fsp3) is 0.0714. The number of hydrogen-bond acceptors (Lipinski definition) is 6. The van der Waals surface area contributed by atoms with E-state index in [1.165, 1.54) is 33.4 Å². The average Bonchev–Trinajstić information content (AvgIpc) is 3.47. The van der Waals surface area contributed by atoms with E-state index in [-0.39, 0.29) is 43.8 Å². The maximum absolute atomic E-state index is 14.5. The quantitative estimate of drug-likeness (QED) is 0.281. The Bertz CT molecular complexity index is 2190. The fourth-order valence-corrected chi connectivity index (χ4v) is 6.30. The number of nitrogens with zero attached hydrogens (tertiary/aromatic N) is 4. The van der Waals surface area contributed by atoms with Crippen LogP contribution in [0.3, 0.4) is 0 Å². The first-order valence-electron chi connectivity index (χ1n) is 11.9. The summed E-state index contributed by atoms with van der Waals surface area (Å²) in [5.74, 6) is -1.25. The summed E-state index contributed by atoms with van der Waals surface area (Å²) in [7, 11) is -7.95. The van der Waals surface area contributed by atoms with Gasteiger partial charge in [-0.2, -0.15) is 0 Å². The molecule has 0 unspecified atom stereocenters. The van der Waals surface area contributed by atoms with Gasteiger partial charge in [0.25, 0.3) is 0 Å². The van der Waals surface area contributed by atoms with Crippen molar-refractivity contribution in [3.63, 3.8) is 0 Å². The number of rotatable bonds is 5. The Morgan fingerprint density at radius 1 is 0.575 bits per heavy atom. The van der Waals surface area contributed by atoms with E-state index in [1.807, 2.05) is 30.3 Å². The number of benzene rings is 4. The van der Waals surface area contributed by atoms with E-state index >= 15 is 0 Å². The predicted molar refractivity (Wildman–Crippen MR) is 147 cm³/mol. The summed E-state index contributed by atoms with van der Waals surface area (Å²) in [6.07, 6.45) is 1.95. The highest BCUT2D eigenvalue weighted by atomic mass is 32.2. The van der Waals surface area contributed by atoms with Crippen molar-refractivity contribution in [2.75, 3.05) is 12.5 Å². The zero-order valence-corrected chi connectivity index (χ0v) is 22.7. The van der Waals surface area contributed by atoms with Crippen molar-refractivity contribution >= 4 is 41.7 Å².